The predicted octanol–water partition coefficient (Wildman–Crippen LogP) is 5.62. The molecular formula is C26H28FN3O2. The van der Waals surface area contributed by atoms with E-state index < -0.39 is 0 Å². The SMILES string of the molecule is CCN(C(=O)c1cc2cc(F)ccc2[nH]1)[C@H]1CCC[C@@H](NCc2cc3ccccc3o2)C1. The Hall–Kier alpha value is -3.12. The number of fused-ring (bicyclic) bond motifs is 2. The maximum Gasteiger partial charge on any atom is 0.270 e. The van der Waals surface area contributed by atoms with E-state index in [1.54, 1.807) is 12.1 Å². The Kier molecular flexibility index (Phi) is 5.70. The molecule has 5 rings (SSSR count). The number of benzene rings is 2. The third-order valence-electron chi connectivity index (χ3n) is 6.54. The van der Waals surface area contributed by atoms with Gasteiger partial charge in [-0.3, -0.25) is 4.79 Å². The highest BCUT2D eigenvalue weighted by Gasteiger charge is 2.30. The molecule has 32 heavy (non-hydrogen) atoms. The van der Waals surface area contributed by atoms with Crippen molar-refractivity contribution < 1.29 is 13.6 Å². The van der Waals surface area contributed by atoms with Crippen LogP contribution in [0.3, 0.4) is 0 Å². The lowest BCUT2D eigenvalue weighted by molar-refractivity contribution is 0.0622. The Morgan fingerprint density at radius 2 is 2.03 bits per heavy atom. The number of carbonyl (C=O) groups is 1. The summed E-state index contributed by atoms with van der Waals surface area (Å²) in [5, 5.41) is 5.47. The van der Waals surface area contributed by atoms with Gasteiger partial charge < -0.3 is 19.6 Å². The number of furan rings is 1. The van der Waals surface area contributed by atoms with E-state index >= 15 is 0 Å². The number of carbonyl (C=O) groups excluding carboxylic acids is 1. The standard InChI is InChI=1S/C26H28FN3O2/c1-2-30(26(31)24-14-18-12-19(27)10-11-23(18)29-24)21-8-5-7-20(15-21)28-16-22-13-17-6-3-4-9-25(17)32-22/h3-4,6,9-14,20-21,28-29H,2,5,7-8,15-16H2,1H3/t20-,21+/m1/s1. The number of halogens is 1. The molecule has 2 aromatic heterocycles. The van der Waals surface area contributed by atoms with Crippen LogP contribution in [0.5, 0.6) is 0 Å². The van der Waals surface area contributed by atoms with Crippen LogP contribution < -0.4 is 5.32 Å². The Bertz CT molecular complexity index is 1210. The number of nitrogens with zero attached hydrogens (tertiary/aromatic N) is 1. The molecule has 0 spiro atoms. The predicted molar refractivity (Wildman–Crippen MR) is 124 cm³/mol. The highest BCUT2D eigenvalue weighted by atomic mass is 19.1. The molecule has 6 heteroatoms. The first kappa shape index (κ1) is 20.8. The zero-order valence-corrected chi connectivity index (χ0v) is 18.2. The smallest absolute Gasteiger partial charge is 0.270 e. The molecule has 4 aromatic rings. The van der Waals surface area contributed by atoms with E-state index in [9.17, 15) is 9.18 Å². The van der Waals surface area contributed by atoms with Crippen molar-refractivity contribution in [3.63, 3.8) is 0 Å². The monoisotopic (exact) mass is 433 g/mol. The average Bonchev–Trinajstić information content (AvgIpc) is 3.42. The van der Waals surface area contributed by atoms with Gasteiger partial charge in [-0.15, -0.1) is 0 Å². The highest BCUT2D eigenvalue weighted by Crippen LogP contribution is 2.26. The van der Waals surface area contributed by atoms with Crippen LogP contribution in [0.1, 0.15) is 48.9 Å². The van der Waals surface area contributed by atoms with Gasteiger partial charge in [-0.2, -0.15) is 0 Å². The zero-order valence-electron chi connectivity index (χ0n) is 18.2. The maximum atomic E-state index is 13.5. The molecule has 2 atom stereocenters. The molecule has 0 saturated heterocycles. The molecule has 166 valence electrons. The molecular weight excluding hydrogens is 405 g/mol. The number of para-hydroxylation sites is 1. The van der Waals surface area contributed by atoms with Gasteiger partial charge in [0.25, 0.3) is 5.91 Å². The van der Waals surface area contributed by atoms with E-state index in [0.717, 1.165) is 53.3 Å². The molecule has 0 aliphatic heterocycles. The second-order valence-electron chi connectivity index (χ2n) is 8.65. The molecule has 1 aliphatic carbocycles. The normalized spacial score (nSPS) is 18.9. The molecule has 1 amide bonds. The van der Waals surface area contributed by atoms with E-state index in [2.05, 4.69) is 22.4 Å². The first-order valence-corrected chi connectivity index (χ1v) is 11.4. The number of aromatic amines is 1. The van der Waals surface area contributed by atoms with Gasteiger partial charge in [-0.25, -0.2) is 4.39 Å². The molecule has 1 fully saturated rings. The summed E-state index contributed by atoms with van der Waals surface area (Å²) in [5.41, 5.74) is 2.21. The summed E-state index contributed by atoms with van der Waals surface area (Å²) in [7, 11) is 0. The van der Waals surface area contributed by atoms with Gasteiger partial charge >= 0.3 is 0 Å². The van der Waals surface area contributed by atoms with E-state index in [1.807, 2.05) is 30.0 Å². The number of amides is 1. The summed E-state index contributed by atoms with van der Waals surface area (Å²) < 4.78 is 19.5. The van der Waals surface area contributed by atoms with E-state index in [4.69, 9.17) is 4.42 Å². The number of H-pyrrole nitrogens is 1. The van der Waals surface area contributed by atoms with Crippen LogP contribution in [0.4, 0.5) is 4.39 Å². The largest absolute Gasteiger partial charge is 0.460 e. The molecule has 2 heterocycles. The number of aromatic nitrogens is 1. The minimum absolute atomic E-state index is 0.0213. The van der Waals surface area contributed by atoms with Gasteiger partial charge in [-0.05, 0) is 69.0 Å². The van der Waals surface area contributed by atoms with Gasteiger partial charge in [0.15, 0.2) is 0 Å². The summed E-state index contributed by atoms with van der Waals surface area (Å²) >= 11 is 0. The lowest BCUT2D eigenvalue weighted by atomic mass is 9.89. The Morgan fingerprint density at radius 1 is 1.16 bits per heavy atom. The third-order valence-corrected chi connectivity index (χ3v) is 6.54. The fraction of sp³-hybridized carbons (Fsp3) is 0.346. The van der Waals surface area contributed by atoms with Crippen LogP contribution in [-0.2, 0) is 6.54 Å². The topological polar surface area (TPSA) is 61.3 Å². The zero-order chi connectivity index (χ0) is 22.1. The molecule has 0 unspecified atom stereocenters. The lowest BCUT2D eigenvalue weighted by Crippen LogP contribution is -2.46. The third kappa shape index (κ3) is 4.15. The van der Waals surface area contributed by atoms with Crippen molar-refractivity contribution in [3.05, 3.63) is 71.9 Å². The summed E-state index contributed by atoms with van der Waals surface area (Å²) in [5.74, 6) is 0.614. The van der Waals surface area contributed by atoms with E-state index in [1.165, 1.54) is 12.1 Å². The van der Waals surface area contributed by atoms with E-state index in [-0.39, 0.29) is 17.8 Å². The van der Waals surface area contributed by atoms with Crippen LogP contribution in [0, 0.1) is 5.82 Å². The quantitative estimate of drug-likeness (QED) is 0.415. The number of rotatable bonds is 6. The van der Waals surface area contributed by atoms with Crippen LogP contribution in [0.15, 0.2) is 59.0 Å². The summed E-state index contributed by atoms with van der Waals surface area (Å²) in [6.45, 7) is 3.34. The van der Waals surface area contributed by atoms with Crippen LogP contribution in [0.25, 0.3) is 21.9 Å². The summed E-state index contributed by atoms with van der Waals surface area (Å²) in [6, 6.07) is 16.9. The Balaban J connectivity index is 1.25. The number of hydrogen-bond acceptors (Lipinski definition) is 3. The van der Waals surface area contributed by atoms with Crippen molar-refractivity contribution in [2.24, 2.45) is 0 Å². The highest BCUT2D eigenvalue weighted by molar-refractivity contribution is 5.98. The van der Waals surface area contributed by atoms with Crippen molar-refractivity contribution in [1.82, 2.24) is 15.2 Å². The van der Waals surface area contributed by atoms with Crippen LogP contribution in [0.2, 0.25) is 0 Å². The van der Waals surface area contributed by atoms with Gasteiger partial charge in [0.1, 0.15) is 22.9 Å². The molecule has 1 saturated carbocycles. The van der Waals surface area contributed by atoms with Crippen LogP contribution >= 0.6 is 0 Å². The lowest BCUT2D eigenvalue weighted by Gasteiger charge is -2.37. The number of hydrogen-bond donors (Lipinski definition) is 2. The van der Waals surface area contributed by atoms with Gasteiger partial charge in [0.2, 0.25) is 0 Å². The van der Waals surface area contributed by atoms with Crippen molar-refractivity contribution in [2.45, 2.75) is 51.2 Å². The number of nitrogens with one attached hydrogen (secondary N) is 2. The van der Waals surface area contributed by atoms with Crippen LogP contribution in [-0.4, -0.2) is 34.4 Å². The maximum absolute atomic E-state index is 13.5. The van der Waals surface area contributed by atoms with Gasteiger partial charge in [-0.1, -0.05) is 18.2 Å². The Labute approximate surface area is 186 Å². The van der Waals surface area contributed by atoms with Crippen molar-refractivity contribution in [1.29, 1.82) is 0 Å². The fourth-order valence-corrected chi connectivity index (χ4v) is 4.94. The van der Waals surface area contributed by atoms with Crippen molar-refractivity contribution in [3.8, 4) is 0 Å². The molecule has 0 radical (unpaired) electrons. The Morgan fingerprint density at radius 3 is 2.88 bits per heavy atom. The average molecular weight is 434 g/mol. The molecule has 1 aliphatic rings. The van der Waals surface area contributed by atoms with Crippen molar-refractivity contribution >= 4 is 27.8 Å². The van der Waals surface area contributed by atoms with Gasteiger partial charge in [0.05, 0.1) is 6.54 Å². The first-order valence-electron chi connectivity index (χ1n) is 11.4. The summed E-state index contributed by atoms with van der Waals surface area (Å²) in [4.78, 5) is 18.4. The minimum Gasteiger partial charge on any atom is -0.460 e. The summed E-state index contributed by atoms with van der Waals surface area (Å²) in [6.07, 6.45) is 4.07. The molecule has 2 aromatic carbocycles. The second-order valence-corrected chi connectivity index (χ2v) is 8.65. The van der Waals surface area contributed by atoms with E-state index in [0.29, 0.717) is 24.8 Å². The molecule has 5 nitrogen and oxygen atoms in total. The second kappa shape index (κ2) is 8.79. The fourth-order valence-electron chi connectivity index (χ4n) is 4.94. The van der Waals surface area contributed by atoms with Crippen molar-refractivity contribution in [2.75, 3.05) is 6.54 Å². The first-order chi connectivity index (χ1) is 15.6. The molecule has 0 bridgehead atoms. The minimum atomic E-state index is -0.298. The molecule has 2 N–H and O–H groups in total. The van der Waals surface area contributed by atoms with Gasteiger partial charge in [0, 0.05) is 34.9 Å².